The number of unbranched alkanes of at least 4 members (excludes halogenated alkanes) is 3. The zero-order valence-corrected chi connectivity index (χ0v) is 21.4. The third-order valence-corrected chi connectivity index (χ3v) is 11.4. The molecule has 0 saturated carbocycles. The van der Waals surface area contributed by atoms with Crippen molar-refractivity contribution in [2.75, 3.05) is 6.61 Å². The molecule has 0 saturated heterocycles. The number of hydrogen-bond acceptors (Lipinski definition) is 3. The van der Waals surface area contributed by atoms with Crippen molar-refractivity contribution < 1.29 is 24.1 Å². The van der Waals surface area contributed by atoms with Crippen molar-refractivity contribution in [2.45, 2.75) is 129 Å². The standard InChI is InChI=1S/C8H17O.2C8H17.2O.V/c1-3-5-6-8(4-2)7-9;2*1-4-6-7-8(3)5-2;;;/h8H,3-7H2,1-2H3;2*8H,3-7H2,1-2H3;;;/q-1;;;;;+1. The summed E-state index contributed by atoms with van der Waals surface area (Å²) in [4.78, 5) is 0. The maximum atomic E-state index is 14.0. The Morgan fingerprint density at radius 1 is 0.607 bits per heavy atom. The quantitative estimate of drug-likeness (QED) is 0.202. The molecule has 0 N–H and O–H groups in total. The van der Waals surface area contributed by atoms with Gasteiger partial charge < -0.3 is 0 Å². The summed E-state index contributed by atoms with van der Waals surface area (Å²) in [5.74, 6) is 0.870. The topological polar surface area (TPSA) is 43.4 Å². The van der Waals surface area contributed by atoms with Gasteiger partial charge in [-0.1, -0.05) is 0 Å². The van der Waals surface area contributed by atoms with E-state index in [1.807, 2.05) is 0 Å². The molecule has 0 aromatic rings. The van der Waals surface area contributed by atoms with Gasteiger partial charge in [0.2, 0.25) is 0 Å². The fraction of sp³-hybridized carbons (Fsp3) is 1.00. The van der Waals surface area contributed by atoms with Crippen LogP contribution in [0.4, 0.5) is 0 Å². The maximum absolute atomic E-state index is 14.0. The predicted molar refractivity (Wildman–Crippen MR) is 117 cm³/mol. The van der Waals surface area contributed by atoms with Crippen molar-refractivity contribution >= 4 is 0 Å². The van der Waals surface area contributed by atoms with Crippen molar-refractivity contribution in [1.29, 1.82) is 0 Å². The fourth-order valence-electron chi connectivity index (χ4n) is 4.18. The molecule has 3 nitrogen and oxygen atoms in total. The van der Waals surface area contributed by atoms with E-state index in [9.17, 15) is 7.35 Å². The molecule has 170 valence electrons. The van der Waals surface area contributed by atoms with Crippen LogP contribution in [0, 0.1) is 17.8 Å². The van der Waals surface area contributed by atoms with Gasteiger partial charge in [-0.25, -0.2) is 0 Å². The van der Waals surface area contributed by atoms with Crippen LogP contribution in [-0.2, 0) is 24.1 Å². The second-order valence-corrected chi connectivity index (χ2v) is 14.5. The van der Waals surface area contributed by atoms with E-state index in [2.05, 4.69) is 41.5 Å². The first-order chi connectivity index (χ1) is 13.3. The number of hydrogen-bond donors (Lipinski definition) is 0. The van der Waals surface area contributed by atoms with E-state index in [1.54, 1.807) is 0 Å². The van der Waals surface area contributed by atoms with Crippen LogP contribution >= 0.6 is 0 Å². The van der Waals surface area contributed by atoms with E-state index in [4.69, 9.17) is 3.66 Å². The van der Waals surface area contributed by atoms with Crippen LogP contribution in [0.1, 0.15) is 119 Å². The van der Waals surface area contributed by atoms with E-state index < -0.39 is 13.1 Å². The van der Waals surface area contributed by atoms with Crippen LogP contribution in [0.5, 0.6) is 0 Å². The van der Waals surface area contributed by atoms with Crippen LogP contribution in [0.2, 0.25) is 10.3 Å². The van der Waals surface area contributed by atoms with E-state index in [-0.39, 0.29) is 11.8 Å². The molecule has 0 aliphatic heterocycles. The molecule has 0 heterocycles. The molecule has 0 rings (SSSR count). The van der Waals surface area contributed by atoms with Gasteiger partial charge in [-0.05, 0) is 0 Å². The molecule has 4 heteroatoms. The molecule has 0 radical (unpaired) electrons. The Morgan fingerprint density at radius 3 is 1.29 bits per heavy atom. The van der Waals surface area contributed by atoms with Gasteiger partial charge in [0.25, 0.3) is 0 Å². The van der Waals surface area contributed by atoms with E-state index >= 15 is 0 Å². The summed E-state index contributed by atoms with van der Waals surface area (Å²) in [6.07, 6.45) is 12.7. The summed E-state index contributed by atoms with van der Waals surface area (Å²) >= 11 is -5.27. The first kappa shape index (κ1) is 28.1. The molecule has 3 atom stereocenters. The Hall–Kier alpha value is 0.144. The molecular weight excluding hydrogens is 387 g/mol. The monoisotopic (exact) mass is 438 g/mol. The summed E-state index contributed by atoms with van der Waals surface area (Å²) < 4.78 is 34.1. The zero-order valence-electron chi connectivity index (χ0n) is 20.0. The first-order valence-electron chi connectivity index (χ1n) is 12.4. The van der Waals surface area contributed by atoms with Crippen LogP contribution in [0.3, 0.4) is 0 Å². The predicted octanol–water partition coefficient (Wildman–Crippen LogP) is 8.78. The number of rotatable bonds is 19. The molecule has 0 amide bonds. The van der Waals surface area contributed by atoms with Crippen LogP contribution in [-0.4, -0.2) is 6.61 Å². The Bertz CT molecular complexity index is 468. The molecule has 0 fully saturated rings. The molecule has 3 unspecified atom stereocenters. The average Bonchev–Trinajstić information content (AvgIpc) is 2.68. The van der Waals surface area contributed by atoms with E-state index in [1.165, 1.54) is 0 Å². The Morgan fingerprint density at radius 2 is 0.964 bits per heavy atom. The summed E-state index contributed by atoms with van der Waals surface area (Å²) in [5, 5.41) is 0.587. The normalized spacial score (nSPS) is 16.1. The molecule has 28 heavy (non-hydrogen) atoms. The van der Waals surface area contributed by atoms with Crippen LogP contribution < -0.4 is 0 Å². The first-order valence-corrected chi connectivity index (χ1v) is 16.1. The summed E-state index contributed by atoms with van der Waals surface area (Å²) in [6.45, 7) is 13.4. The Labute approximate surface area is 177 Å². The van der Waals surface area contributed by atoms with Crippen molar-refractivity contribution in [3.8, 4) is 0 Å². The molecule has 0 spiro atoms. The minimum absolute atomic E-state index is 0.250. The molecule has 0 aliphatic carbocycles. The minimum atomic E-state index is -5.27. The van der Waals surface area contributed by atoms with Gasteiger partial charge in [-0.2, -0.15) is 0 Å². The van der Waals surface area contributed by atoms with Gasteiger partial charge >= 0.3 is 177 Å². The Kier molecular flexibility index (Phi) is 15.1. The molecule has 0 aromatic heterocycles. The van der Waals surface area contributed by atoms with Crippen molar-refractivity contribution in [2.24, 2.45) is 17.8 Å². The van der Waals surface area contributed by atoms with Crippen molar-refractivity contribution in [3.05, 3.63) is 0 Å². The molecular formula is C24H51O3V. The van der Waals surface area contributed by atoms with Crippen molar-refractivity contribution in [3.63, 3.8) is 0 Å². The second kappa shape index (κ2) is 15.0. The molecule has 0 aliphatic rings. The van der Waals surface area contributed by atoms with Gasteiger partial charge in [-0.3, -0.25) is 0 Å². The van der Waals surface area contributed by atoms with Gasteiger partial charge in [0.15, 0.2) is 0 Å². The SMILES string of the molecule is CCCCC(CC)C[O][V](=[O])(=[O])([CH2]C(CC)CCCC)[CH2]C(CC)CCCC. The average molecular weight is 439 g/mol. The second-order valence-electron chi connectivity index (χ2n) is 9.13. The zero-order chi connectivity index (χ0) is 21.5. The van der Waals surface area contributed by atoms with Gasteiger partial charge in [-0.15, -0.1) is 0 Å². The van der Waals surface area contributed by atoms with Gasteiger partial charge in [0.1, 0.15) is 0 Å². The summed E-state index contributed by atoms with van der Waals surface area (Å²) in [7, 11) is 0. The van der Waals surface area contributed by atoms with Gasteiger partial charge in [0.05, 0.1) is 0 Å². The van der Waals surface area contributed by atoms with Crippen molar-refractivity contribution in [1.82, 2.24) is 0 Å². The van der Waals surface area contributed by atoms with Crippen LogP contribution in [0.15, 0.2) is 0 Å². The van der Waals surface area contributed by atoms with Crippen LogP contribution in [0.25, 0.3) is 0 Å². The molecule has 0 aromatic carbocycles. The fourth-order valence-corrected chi connectivity index (χ4v) is 10.1. The third kappa shape index (κ3) is 12.0. The third-order valence-electron chi connectivity index (χ3n) is 6.45. The van der Waals surface area contributed by atoms with Gasteiger partial charge in [0, 0.05) is 0 Å². The Balaban J connectivity index is 5.40. The van der Waals surface area contributed by atoms with E-state index in [0.29, 0.717) is 22.8 Å². The summed E-state index contributed by atoms with van der Waals surface area (Å²) in [5.41, 5.74) is 0. The summed E-state index contributed by atoms with van der Waals surface area (Å²) in [6, 6.07) is 0. The van der Waals surface area contributed by atoms with E-state index in [0.717, 1.165) is 77.0 Å². The molecule has 0 bridgehead atoms.